The van der Waals surface area contributed by atoms with Crippen molar-refractivity contribution < 1.29 is 88.9 Å². The van der Waals surface area contributed by atoms with Gasteiger partial charge in [0.25, 0.3) is 0 Å². The molecule has 0 aromatic carbocycles. The summed E-state index contributed by atoms with van der Waals surface area (Å²) in [5, 5.41) is 119. The van der Waals surface area contributed by atoms with Crippen molar-refractivity contribution in [1.82, 2.24) is 5.32 Å². The molecule has 1 heterocycles. The normalized spacial score (nSPS) is 27.5. The fourth-order valence-electron chi connectivity index (χ4n) is 10.4. The molecule has 1 aliphatic carbocycles. The minimum atomic E-state index is -5.49. The van der Waals surface area contributed by atoms with Crippen LogP contribution in [0.5, 0.6) is 0 Å². The molecule has 16 unspecified atom stereocenters. The highest BCUT2D eigenvalue weighted by molar-refractivity contribution is 7.47. The van der Waals surface area contributed by atoms with Crippen molar-refractivity contribution in [1.29, 1.82) is 0 Å². The Hall–Kier alpha value is -0.940. The molecule has 452 valence electrons. The number of phosphoric acid groups is 1. The van der Waals surface area contributed by atoms with Gasteiger partial charge in [-0.25, -0.2) is 4.57 Å². The van der Waals surface area contributed by atoms with Crippen LogP contribution < -0.4 is 5.32 Å². The van der Waals surface area contributed by atoms with Gasteiger partial charge in [-0.15, -0.1) is 0 Å². The summed E-state index contributed by atoms with van der Waals surface area (Å²) in [5.74, 6) is -0.918. The summed E-state index contributed by atoms with van der Waals surface area (Å²) >= 11 is 0. The number of nitrogens with one attached hydrogen (secondary N) is 1. The number of unbranched alkanes of at least 4 members (excludes halogenated alkanes) is 32. The van der Waals surface area contributed by atoms with E-state index in [1.54, 1.807) is 0 Å². The fourth-order valence-corrected chi connectivity index (χ4v) is 11.3. The summed E-state index contributed by atoms with van der Waals surface area (Å²) < 4.78 is 34.8. The summed E-state index contributed by atoms with van der Waals surface area (Å²) in [6.07, 6.45) is 13.1. The molecule has 2 aliphatic rings. The number of amides is 1. The number of carbonyl (C=O) groups is 1. The van der Waals surface area contributed by atoms with E-state index in [-0.39, 0.29) is 12.8 Å². The van der Waals surface area contributed by atoms with Crippen LogP contribution in [0.25, 0.3) is 0 Å². The zero-order chi connectivity index (χ0) is 56.1. The number of aliphatic hydroxyl groups is 11. The van der Waals surface area contributed by atoms with Gasteiger partial charge in [-0.3, -0.25) is 13.8 Å². The maximum atomic E-state index is 13.6. The molecule has 1 amide bonds. The highest BCUT2D eigenvalue weighted by Gasteiger charge is 2.55. The van der Waals surface area contributed by atoms with Crippen molar-refractivity contribution in [3.05, 3.63) is 0 Å². The van der Waals surface area contributed by atoms with E-state index in [1.807, 2.05) is 0 Å². The van der Waals surface area contributed by atoms with Crippen LogP contribution in [0.15, 0.2) is 0 Å². The molecule has 2 rings (SSSR count). The second-order valence-electron chi connectivity index (χ2n) is 22.2. The van der Waals surface area contributed by atoms with E-state index < -0.39 is 119 Å². The predicted octanol–water partition coefficient (Wildman–Crippen LogP) is 6.78. The molecule has 19 nitrogen and oxygen atoms in total. The van der Waals surface area contributed by atoms with Crippen molar-refractivity contribution in [3.63, 3.8) is 0 Å². The Morgan fingerprint density at radius 1 is 0.500 bits per heavy atom. The number of ether oxygens (including phenoxy) is 2. The Morgan fingerprint density at radius 3 is 1.25 bits per heavy atom. The fraction of sp³-hybridized carbons (Fsp3) is 0.982. The molecule has 1 aliphatic heterocycles. The molecule has 1 saturated carbocycles. The first-order valence-corrected chi connectivity index (χ1v) is 31.7. The van der Waals surface area contributed by atoms with Gasteiger partial charge in [0, 0.05) is 0 Å². The molecule has 0 aromatic rings. The molecule has 1 saturated heterocycles. The molecule has 13 N–H and O–H groups in total. The quantitative estimate of drug-likeness (QED) is 0.0220. The van der Waals surface area contributed by atoms with Gasteiger partial charge in [0.05, 0.1) is 25.4 Å². The topological polar surface area (TPSA) is 326 Å². The highest BCUT2D eigenvalue weighted by Crippen LogP contribution is 2.48. The summed E-state index contributed by atoms with van der Waals surface area (Å²) in [4.78, 5) is 24.3. The lowest BCUT2D eigenvalue weighted by Gasteiger charge is -2.47. The molecule has 2 fully saturated rings. The summed E-state index contributed by atoms with van der Waals surface area (Å²) in [6, 6.07) is -1.58. The van der Waals surface area contributed by atoms with Crippen LogP contribution in [0.1, 0.15) is 245 Å². The first-order chi connectivity index (χ1) is 36.5. The average Bonchev–Trinajstić information content (AvgIpc) is 3.40. The molecule has 20 heteroatoms. The molecule has 0 aromatic heterocycles. The number of aliphatic hydroxyl groups excluding tert-OH is 11. The summed E-state index contributed by atoms with van der Waals surface area (Å²) in [7, 11) is -5.49. The number of rotatable bonds is 48. The van der Waals surface area contributed by atoms with Gasteiger partial charge < -0.3 is 75.9 Å². The molecule has 0 spiro atoms. The minimum absolute atomic E-state index is 0.101. The Morgan fingerprint density at radius 2 is 0.855 bits per heavy atom. The van der Waals surface area contributed by atoms with Crippen molar-refractivity contribution >= 4 is 13.7 Å². The molecule has 16 atom stereocenters. The largest absolute Gasteiger partial charge is 0.472 e. The van der Waals surface area contributed by atoms with E-state index in [9.17, 15) is 70.4 Å². The predicted molar refractivity (Wildman–Crippen MR) is 291 cm³/mol. The number of hydrogen-bond donors (Lipinski definition) is 13. The molecular formula is C56H110NO18P. The first kappa shape index (κ1) is 71.2. The van der Waals surface area contributed by atoms with E-state index in [1.165, 1.54) is 148 Å². The zero-order valence-electron chi connectivity index (χ0n) is 46.8. The van der Waals surface area contributed by atoms with Crippen molar-refractivity contribution in [2.75, 3.05) is 13.2 Å². The minimum Gasteiger partial charge on any atom is -0.394 e. The Kier molecular flexibility index (Phi) is 40.1. The Bertz CT molecular complexity index is 1460. The van der Waals surface area contributed by atoms with Gasteiger partial charge in [-0.1, -0.05) is 232 Å². The van der Waals surface area contributed by atoms with Crippen LogP contribution in [-0.4, -0.2) is 172 Å². The Labute approximate surface area is 456 Å². The third-order valence-electron chi connectivity index (χ3n) is 15.5. The lowest BCUT2D eigenvalue weighted by atomic mass is 9.84. The number of phosphoric ester groups is 1. The highest BCUT2D eigenvalue weighted by atomic mass is 31.2. The molecule has 0 bridgehead atoms. The SMILES string of the molecule is CCCCCCCCCCCCCCCCCCCCCCCCC(O)C(=O)NC(COP(=O)(O)OC1C(O)C(O)C(O)C(O)C1OC1OC(CO)C(O)C(O)C1O)C(O)C(O)CCCCCCCCCCCCCC. The van der Waals surface area contributed by atoms with Crippen LogP contribution in [0.3, 0.4) is 0 Å². The van der Waals surface area contributed by atoms with Crippen molar-refractivity contribution in [3.8, 4) is 0 Å². The van der Waals surface area contributed by atoms with E-state index in [2.05, 4.69) is 19.2 Å². The van der Waals surface area contributed by atoms with E-state index in [4.69, 9.17) is 18.5 Å². The van der Waals surface area contributed by atoms with Gasteiger partial charge in [0.15, 0.2) is 6.29 Å². The molecular weight excluding hydrogens is 1010 g/mol. The zero-order valence-corrected chi connectivity index (χ0v) is 47.7. The monoisotopic (exact) mass is 1120 g/mol. The maximum Gasteiger partial charge on any atom is 0.472 e. The Balaban J connectivity index is 1.90. The van der Waals surface area contributed by atoms with Gasteiger partial charge in [-0.2, -0.15) is 0 Å². The lowest BCUT2D eigenvalue weighted by Crippen LogP contribution is -2.67. The van der Waals surface area contributed by atoms with Crippen LogP contribution in [-0.2, 0) is 27.9 Å². The maximum absolute atomic E-state index is 13.6. The van der Waals surface area contributed by atoms with Crippen molar-refractivity contribution in [2.24, 2.45) is 0 Å². The van der Waals surface area contributed by atoms with Crippen LogP contribution in [0, 0.1) is 0 Å². The van der Waals surface area contributed by atoms with E-state index in [0.29, 0.717) is 12.8 Å². The third kappa shape index (κ3) is 29.2. The van der Waals surface area contributed by atoms with E-state index in [0.717, 1.165) is 57.8 Å². The van der Waals surface area contributed by atoms with Crippen LogP contribution in [0.4, 0.5) is 0 Å². The molecule has 76 heavy (non-hydrogen) atoms. The van der Waals surface area contributed by atoms with Gasteiger partial charge in [-0.05, 0) is 12.8 Å². The lowest BCUT2D eigenvalue weighted by molar-refractivity contribution is -0.338. The van der Waals surface area contributed by atoms with Gasteiger partial charge >= 0.3 is 7.82 Å². The third-order valence-corrected chi connectivity index (χ3v) is 16.5. The standard InChI is InChI=1S/C56H110NO18P/c1-3-5-7-9-11-13-15-17-18-19-20-21-22-23-24-25-26-28-30-32-34-36-38-43(60)55(69)57-41(45(61)42(59)37-35-33-31-29-27-16-14-12-10-8-6-4-2)40-72-76(70,71)75-54-51(67)49(65)48(64)50(66)53(54)74-56-52(68)47(63)46(62)44(39-58)73-56/h41-54,56,58-68H,3-40H2,1-2H3,(H,57,69)(H,70,71). The second-order valence-corrected chi connectivity index (χ2v) is 23.6. The van der Waals surface area contributed by atoms with E-state index >= 15 is 0 Å². The van der Waals surface area contributed by atoms with Gasteiger partial charge in [0.1, 0.15) is 73.2 Å². The number of hydrogen-bond acceptors (Lipinski definition) is 17. The summed E-state index contributed by atoms with van der Waals surface area (Å²) in [5.41, 5.74) is 0. The average molecular weight is 1120 g/mol. The summed E-state index contributed by atoms with van der Waals surface area (Å²) in [6.45, 7) is 2.60. The number of carbonyl (C=O) groups excluding carboxylic acids is 1. The van der Waals surface area contributed by atoms with Gasteiger partial charge in [0.2, 0.25) is 5.91 Å². The first-order valence-electron chi connectivity index (χ1n) is 30.2. The van der Waals surface area contributed by atoms with Crippen LogP contribution >= 0.6 is 7.82 Å². The smallest absolute Gasteiger partial charge is 0.394 e. The van der Waals surface area contributed by atoms with Crippen molar-refractivity contribution in [2.45, 2.75) is 337 Å². The molecule has 0 radical (unpaired) electrons. The van der Waals surface area contributed by atoms with Crippen LogP contribution in [0.2, 0.25) is 0 Å². The second kappa shape index (κ2) is 42.8.